The van der Waals surface area contributed by atoms with Crippen molar-refractivity contribution in [2.24, 2.45) is 5.14 Å². The predicted molar refractivity (Wildman–Crippen MR) is 72.4 cm³/mol. The Morgan fingerprint density at radius 1 is 1.40 bits per heavy atom. The number of sulfonamides is 1. The van der Waals surface area contributed by atoms with Gasteiger partial charge in [0.05, 0.1) is 16.2 Å². The van der Waals surface area contributed by atoms with Crippen LogP contribution in [0.5, 0.6) is 0 Å². The third kappa shape index (κ3) is 4.82. The van der Waals surface area contributed by atoms with Crippen LogP contribution in [-0.4, -0.2) is 31.5 Å². The second kappa shape index (κ2) is 6.30. The molecule has 0 aliphatic heterocycles. The molecule has 0 heterocycles. The van der Waals surface area contributed by atoms with Crippen LogP contribution in [0.2, 0.25) is 0 Å². The quantitative estimate of drug-likeness (QED) is 0.280. The van der Waals surface area contributed by atoms with E-state index >= 15 is 0 Å². The summed E-state index contributed by atoms with van der Waals surface area (Å²) in [4.78, 5) is 21.7. The average Bonchev–Trinajstić information content (AvgIpc) is 2.33. The summed E-state index contributed by atoms with van der Waals surface area (Å²) >= 11 is 0. The first kappa shape index (κ1) is 15.9. The van der Waals surface area contributed by atoms with Crippen molar-refractivity contribution in [3.05, 3.63) is 33.9 Å². The Labute approximate surface area is 115 Å². The van der Waals surface area contributed by atoms with Crippen LogP contribution in [0.25, 0.3) is 0 Å². The molecule has 9 nitrogen and oxygen atoms in total. The van der Waals surface area contributed by atoms with E-state index in [-0.39, 0.29) is 35.7 Å². The van der Waals surface area contributed by atoms with E-state index < -0.39 is 20.9 Å². The van der Waals surface area contributed by atoms with Crippen molar-refractivity contribution >= 4 is 27.3 Å². The number of anilines is 1. The van der Waals surface area contributed by atoms with Gasteiger partial charge < -0.3 is 11.1 Å². The van der Waals surface area contributed by atoms with Gasteiger partial charge in [-0.05, 0) is 12.5 Å². The van der Waals surface area contributed by atoms with Gasteiger partial charge in [0.2, 0.25) is 10.0 Å². The fourth-order valence-electron chi connectivity index (χ4n) is 1.42. The third-order valence-corrected chi connectivity index (χ3v) is 3.24. The lowest BCUT2D eigenvalue weighted by Gasteiger charge is -2.07. The molecule has 1 aromatic carbocycles. The molecule has 0 fully saturated rings. The number of nitrogens with zero attached hydrogens (tertiary/aromatic N) is 1. The molecule has 0 aromatic heterocycles. The Kier molecular flexibility index (Phi) is 5.00. The van der Waals surface area contributed by atoms with Crippen molar-refractivity contribution in [3.63, 3.8) is 0 Å². The molecule has 1 rings (SSSR count). The maximum absolute atomic E-state index is 11.8. The smallest absolute Gasteiger partial charge is 0.270 e. The number of carbonyl (C=O) groups excluding carboxylic acids is 1. The van der Waals surface area contributed by atoms with E-state index in [2.05, 4.69) is 5.32 Å². The zero-order valence-electron chi connectivity index (χ0n) is 10.4. The number of hydrogen-bond donors (Lipinski definition) is 3. The van der Waals surface area contributed by atoms with Crippen molar-refractivity contribution in [3.8, 4) is 0 Å². The summed E-state index contributed by atoms with van der Waals surface area (Å²) in [6, 6.07) is 3.51. The van der Waals surface area contributed by atoms with Crippen molar-refractivity contribution in [1.82, 2.24) is 5.32 Å². The number of carbonyl (C=O) groups is 1. The van der Waals surface area contributed by atoms with Crippen LogP contribution in [0.1, 0.15) is 16.8 Å². The number of hydrogen-bond acceptors (Lipinski definition) is 6. The average molecular weight is 302 g/mol. The van der Waals surface area contributed by atoms with E-state index in [1.165, 1.54) is 12.1 Å². The second-order valence-electron chi connectivity index (χ2n) is 4.01. The Morgan fingerprint density at radius 3 is 2.60 bits per heavy atom. The molecule has 0 unspecified atom stereocenters. The molecule has 0 bridgehead atoms. The molecule has 0 aliphatic carbocycles. The van der Waals surface area contributed by atoms with Gasteiger partial charge in [-0.1, -0.05) is 0 Å². The van der Waals surface area contributed by atoms with Crippen molar-refractivity contribution in [2.45, 2.75) is 6.42 Å². The summed E-state index contributed by atoms with van der Waals surface area (Å²) in [7, 11) is -3.58. The summed E-state index contributed by atoms with van der Waals surface area (Å²) < 4.78 is 21.4. The molecule has 0 saturated carbocycles. The van der Waals surface area contributed by atoms with Gasteiger partial charge in [0.1, 0.15) is 0 Å². The molecule has 1 amide bonds. The molecule has 5 N–H and O–H groups in total. The Morgan fingerprint density at radius 2 is 2.05 bits per heavy atom. The monoisotopic (exact) mass is 302 g/mol. The first-order valence-electron chi connectivity index (χ1n) is 5.53. The first-order chi connectivity index (χ1) is 9.20. The van der Waals surface area contributed by atoms with Gasteiger partial charge in [-0.3, -0.25) is 14.9 Å². The minimum absolute atomic E-state index is 0.0326. The normalized spacial score (nSPS) is 11.1. The van der Waals surface area contributed by atoms with Crippen LogP contribution in [0.3, 0.4) is 0 Å². The van der Waals surface area contributed by atoms with E-state index in [9.17, 15) is 23.3 Å². The number of primary sulfonamides is 1. The van der Waals surface area contributed by atoms with E-state index in [1.807, 2.05) is 0 Å². The van der Waals surface area contributed by atoms with E-state index in [1.54, 1.807) is 0 Å². The summed E-state index contributed by atoms with van der Waals surface area (Å²) in [5, 5.41) is 17.8. The van der Waals surface area contributed by atoms with Gasteiger partial charge in [-0.15, -0.1) is 0 Å². The molecule has 0 aliphatic rings. The van der Waals surface area contributed by atoms with Crippen molar-refractivity contribution < 1.29 is 18.1 Å². The zero-order chi connectivity index (χ0) is 15.3. The molecule has 110 valence electrons. The largest absolute Gasteiger partial charge is 0.398 e. The van der Waals surface area contributed by atoms with Crippen LogP contribution in [0.15, 0.2) is 18.2 Å². The SMILES string of the molecule is Nc1ccc([N+](=O)[O-])cc1C(=O)NCCCS(N)(=O)=O. The Balaban J connectivity index is 2.68. The summed E-state index contributed by atoms with van der Waals surface area (Å²) in [5.74, 6) is -0.877. The number of nitrogens with one attached hydrogen (secondary N) is 1. The third-order valence-electron chi connectivity index (χ3n) is 2.38. The molecule has 0 spiro atoms. The van der Waals surface area contributed by atoms with Gasteiger partial charge in [0.25, 0.3) is 11.6 Å². The summed E-state index contributed by atoms with van der Waals surface area (Å²) in [6.45, 7) is 0.0669. The Hall–Kier alpha value is -2.20. The molecule has 0 atom stereocenters. The van der Waals surface area contributed by atoms with E-state index in [0.717, 1.165) is 6.07 Å². The topological polar surface area (TPSA) is 158 Å². The fraction of sp³-hybridized carbons (Fsp3) is 0.300. The maximum atomic E-state index is 11.8. The van der Waals surface area contributed by atoms with Gasteiger partial charge in [0.15, 0.2) is 0 Å². The van der Waals surface area contributed by atoms with Gasteiger partial charge in [-0.25, -0.2) is 13.6 Å². The van der Waals surface area contributed by atoms with Crippen molar-refractivity contribution in [2.75, 3.05) is 18.0 Å². The highest BCUT2D eigenvalue weighted by Gasteiger charge is 2.15. The molecule has 1 aromatic rings. The lowest BCUT2D eigenvalue weighted by atomic mass is 10.1. The highest BCUT2D eigenvalue weighted by Crippen LogP contribution is 2.19. The number of nitro benzene ring substituents is 1. The highest BCUT2D eigenvalue weighted by molar-refractivity contribution is 7.89. The maximum Gasteiger partial charge on any atom is 0.270 e. The molecule has 0 saturated heterocycles. The van der Waals surface area contributed by atoms with Crippen LogP contribution >= 0.6 is 0 Å². The molecule has 0 radical (unpaired) electrons. The minimum atomic E-state index is -3.58. The predicted octanol–water partition coefficient (Wildman–Crippen LogP) is -0.415. The molecule has 20 heavy (non-hydrogen) atoms. The van der Waals surface area contributed by atoms with Gasteiger partial charge >= 0.3 is 0 Å². The number of nitro groups is 1. The number of nitrogens with two attached hydrogens (primary N) is 2. The van der Waals surface area contributed by atoms with E-state index in [4.69, 9.17) is 10.9 Å². The molecular formula is C10H14N4O5S. The second-order valence-corrected chi connectivity index (χ2v) is 5.74. The van der Waals surface area contributed by atoms with Crippen molar-refractivity contribution in [1.29, 1.82) is 0 Å². The minimum Gasteiger partial charge on any atom is -0.398 e. The number of benzene rings is 1. The summed E-state index contributed by atoms with van der Waals surface area (Å²) in [6.07, 6.45) is 0.138. The lowest BCUT2D eigenvalue weighted by molar-refractivity contribution is -0.384. The van der Waals surface area contributed by atoms with Gasteiger partial charge in [-0.2, -0.15) is 0 Å². The van der Waals surface area contributed by atoms with Crippen LogP contribution in [0, 0.1) is 10.1 Å². The number of amides is 1. The van der Waals surface area contributed by atoms with Crippen LogP contribution in [-0.2, 0) is 10.0 Å². The number of rotatable bonds is 6. The first-order valence-corrected chi connectivity index (χ1v) is 7.25. The fourth-order valence-corrected chi connectivity index (χ4v) is 1.97. The zero-order valence-corrected chi connectivity index (χ0v) is 11.2. The van der Waals surface area contributed by atoms with Crippen LogP contribution < -0.4 is 16.2 Å². The number of nitrogen functional groups attached to an aromatic ring is 1. The Bertz CT molecular complexity index is 629. The number of non-ortho nitro benzene ring substituents is 1. The standard InChI is InChI=1S/C10H14N4O5S/c11-9-3-2-7(14(16)17)6-8(9)10(15)13-4-1-5-20(12,18)19/h2-3,6H,1,4-5,11H2,(H,13,15)(H2,12,18,19). The molecule has 10 heteroatoms. The summed E-state index contributed by atoms with van der Waals surface area (Å²) in [5.41, 5.74) is 5.37. The van der Waals surface area contributed by atoms with Crippen LogP contribution in [0.4, 0.5) is 11.4 Å². The van der Waals surface area contributed by atoms with Gasteiger partial charge in [0, 0.05) is 24.4 Å². The van der Waals surface area contributed by atoms with E-state index in [0.29, 0.717) is 0 Å². The highest BCUT2D eigenvalue weighted by atomic mass is 32.2. The lowest BCUT2D eigenvalue weighted by Crippen LogP contribution is -2.28. The molecular weight excluding hydrogens is 288 g/mol.